The highest BCUT2D eigenvalue weighted by molar-refractivity contribution is 6.17. The molecule has 96 valence electrons. The van der Waals surface area contributed by atoms with Crippen LogP contribution in [0.5, 0.6) is 5.75 Å². The van der Waals surface area contributed by atoms with Crippen molar-refractivity contribution in [3.63, 3.8) is 0 Å². The third kappa shape index (κ3) is 5.40. The third-order valence-corrected chi connectivity index (χ3v) is 2.96. The van der Waals surface area contributed by atoms with E-state index in [-0.39, 0.29) is 5.82 Å². The van der Waals surface area contributed by atoms with E-state index in [2.05, 4.69) is 6.92 Å². The molecule has 0 heterocycles. The van der Waals surface area contributed by atoms with Crippen molar-refractivity contribution in [2.75, 3.05) is 6.61 Å². The van der Waals surface area contributed by atoms with Crippen LogP contribution >= 0.6 is 11.6 Å². The van der Waals surface area contributed by atoms with Crippen LogP contribution in [0.1, 0.15) is 44.6 Å². The van der Waals surface area contributed by atoms with Crippen molar-refractivity contribution in [1.82, 2.24) is 0 Å². The fraction of sp³-hybridized carbons (Fsp3) is 0.571. The van der Waals surface area contributed by atoms with Gasteiger partial charge in [-0.15, -0.1) is 11.6 Å². The molecule has 0 aromatic heterocycles. The first-order valence-corrected chi connectivity index (χ1v) is 6.78. The van der Waals surface area contributed by atoms with E-state index < -0.39 is 0 Å². The van der Waals surface area contributed by atoms with Gasteiger partial charge in [-0.25, -0.2) is 4.39 Å². The fourth-order valence-electron chi connectivity index (χ4n) is 1.63. The van der Waals surface area contributed by atoms with Crippen molar-refractivity contribution in [1.29, 1.82) is 0 Å². The van der Waals surface area contributed by atoms with Gasteiger partial charge in [-0.3, -0.25) is 0 Å². The van der Waals surface area contributed by atoms with E-state index in [1.807, 2.05) is 0 Å². The highest BCUT2D eigenvalue weighted by atomic mass is 35.5. The Balaban J connectivity index is 2.27. The number of unbranched alkanes of at least 4 members (excludes halogenated alkanes) is 4. The summed E-state index contributed by atoms with van der Waals surface area (Å²) in [7, 11) is 0. The van der Waals surface area contributed by atoms with Crippen molar-refractivity contribution in [3.05, 3.63) is 29.6 Å². The summed E-state index contributed by atoms with van der Waals surface area (Å²) in [6.07, 6.45) is 5.85. The predicted octanol–water partition coefficient (Wildman–Crippen LogP) is 4.91. The lowest BCUT2D eigenvalue weighted by molar-refractivity contribution is 0.290. The van der Waals surface area contributed by atoms with Crippen molar-refractivity contribution >= 4 is 11.6 Å². The van der Waals surface area contributed by atoms with E-state index >= 15 is 0 Å². The second-order valence-electron chi connectivity index (χ2n) is 4.16. The molecule has 0 saturated carbocycles. The maximum absolute atomic E-state index is 13.5. The number of rotatable bonds is 8. The molecule has 0 saturated heterocycles. The van der Waals surface area contributed by atoms with E-state index in [1.54, 1.807) is 12.1 Å². The molecule has 0 bridgehead atoms. The summed E-state index contributed by atoms with van der Waals surface area (Å²) < 4.78 is 18.9. The Morgan fingerprint density at radius 3 is 2.59 bits per heavy atom. The lowest BCUT2D eigenvalue weighted by atomic mass is 10.2. The van der Waals surface area contributed by atoms with E-state index in [0.717, 1.165) is 18.4 Å². The molecule has 0 unspecified atom stereocenters. The van der Waals surface area contributed by atoms with E-state index in [9.17, 15) is 4.39 Å². The maximum Gasteiger partial charge on any atom is 0.165 e. The summed E-state index contributed by atoms with van der Waals surface area (Å²) in [5.41, 5.74) is 0.777. The SMILES string of the molecule is CCCCCCCOc1ccc(CCl)cc1F. The van der Waals surface area contributed by atoms with Crippen LogP contribution < -0.4 is 4.74 Å². The molecule has 0 radical (unpaired) electrons. The zero-order chi connectivity index (χ0) is 12.5. The standard InChI is InChI=1S/C14H20ClFO/c1-2-3-4-5-6-9-17-14-8-7-12(11-15)10-13(14)16/h7-8,10H,2-6,9,11H2,1H3. The van der Waals surface area contributed by atoms with Crippen LogP contribution in [0.3, 0.4) is 0 Å². The topological polar surface area (TPSA) is 9.23 Å². The van der Waals surface area contributed by atoms with Gasteiger partial charge in [0.1, 0.15) is 0 Å². The molecule has 0 fully saturated rings. The Kier molecular flexibility index (Phi) is 7.02. The molecule has 1 aromatic carbocycles. The number of hydrogen-bond donors (Lipinski definition) is 0. The molecule has 0 aliphatic rings. The van der Waals surface area contributed by atoms with E-state index in [1.165, 1.54) is 25.3 Å². The minimum Gasteiger partial charge on any atom is -0.491 e. The molecule has 0 atom stereocenters. The Labute approximate surface area is 108 Å². The Hall–Kier alpha value is -0.760. The van der Waals surface area contributed by atoms with Gasteiger partial charge in [-0.05, 0) is 24.1 Å². The second kappa shape index (κ2) is 8.35. The van der Waals surface area contributed by atoms with E-state index in [4.69, 9.17) is 16.3 Å². The largest absolute Gasteiger partial charge is 0.491 e. The summed E-state index contributed by atoms with van der Waals surface area (Å²) in [4.78, 5) is 0. The monoisotopic (exact) mass is 258 g/mol. The van der Waals surface area contributed by atoms with Gasteiger partial charge in [0.2, 0.25) is 0 Å². The van der Waals surface area contributed by atoms with Gasteiger partial charge in [0.05, 0.1) is 6.61 Å². The first-order valence-electron chi connectivity index (χ1n) is 6.25. The number of hydrogen-bond acceptors (Lipinski definition) is 1. The van der Waals surface area contributed by atoms with Gasteiger partial charge in [0, 0.05) is 5.88 Å². The van der Waals surface area contributed by atoms with Crippen molar-refractivity contribution in [2.45, 2.75) is 44.9 Å². The Morgan fingerprint density at radius 1 is 1.18 bits per heavy atom. The van der Waals surface area contributed by atoms with Crippen LogP contribution in [0.4, 0.5) is 4.39 Å². The molecule has 0 N–H and O–H groups in total. The van der Waals surface area contributed by atoms with Gasteiger partial charge in [0.15, 0.2) is 11.6 Å². The molecule has 3 heteroatoms. The minimum absolute atomic E-state index is 0.322. The number of halogens is 2. The summed E-state index contributed by atoms with van der Waals surface area (Å²) in [6.45, 7) is 2.77. The second-order valence-corrected chi connectivity index (χ2v) is 4.43. The molecule has 0 amide bonds. The molecular formula is C14H20ClFO. The van der Waals surface area contributed by atoms with Crippen LogP contribution in [-0.4, -0.2) is 6.61 Å². The van der Waals surface area contributed by atoms with Gasteiger partial charge < -0.3 is 4.74 Å². The summed E-state index contributed by atoms with van der Waals surface area (Å²) >= 11 is 5.62. The van der Waals surface area contributed by atoms with Crippen LogP contribution in [0.15, 0.2) is 18.2 Å². The average Bonchev–Trinajstić information content (AvgIpc) is 2.35. The quantitative estimate of drug-likeness (QED) is 0.475. The summed E-state index contributed by atoms with van der Waals surface area (Å²) in [5.74, 6) is 0.333. The predicted molar refractivity (Wildman–Crippen MR) is 70.2 cm³/mol. The molecule has 17 heavy (non-hydrogen) atoms. The molecule has 0 spiro atoms. The third-order valence-electron chi connectivity index (χ3n) is 2.66. The molecule has 1 aromatic rings. The molecule has 1 nitrogen and oxygen atoms in total. The lowest BCUT2D eigenvalue weighted by Crippen LogP contribution is -1.99. The van der Waals surface area contributed by atoms with Crippen LogP contribution in [0.2, 0.25) is 0 Å². The first kappa shape index (κ1) is 14.3. The zero-order valence-corrected chi connectivity index (χ0v) is 11.1. The first-order chi connectivity index (χ1) is 8.27. The Bertz CT molecular complexity index is 328. The van der Waals surface area contributed by atoms with E-state index in [0.29, 0.717) is 18.2 Å². The van der Waals surface area contributed by atoms with Crippen LogP contribution in [0, 0.1) is 5.82 Å². The number of alkyl halides is 1. The minimum atomic E-state index is -0.322. The molecule has 1 rings (SSSR count). The van der Waals surface area contributed by atoms with Gasteiger partial charge in [-0.2, -0.15) is 0 Å². The molecular weight excluding hydrogens is 239 g/mol. The number of benzene rings is 1. The molecule has 0 aliphatic carbocycles. The van der Waals surface area contributed by atoms with Gasteiger partial charge in [0.25, 0.3) is 0 Å². The summed E-state index contributed by atoms with van der Waals surface area (Å²) in [5, 5.41) is 0. The Morgan fingerprint density at radius 2 is 1.94 bits per heavy atom. The molecule has 0 aliphatic heterocycles. The smallest absolute Gasteiger partial charge is 0.165 e. The summed E-state index contributed by atoms with van der Waals surface area (Å²) in [6, 6.07) is 4.88. The van der Waals surface area contributed by atoms with Crippen LogP contribution in [0.25, 0.3) is 0 Å². The van der Waals surface area contributed by atoms with Gasteiger partial charge >= 0.3 is 0 Å². The highest BCUT2D eigenvalue weighted by Gasteiger charge is 2.03. The lowest BCUT2D eigenvalue weighted by Gasteiger charge is -2.07. The van der Waals surface area contributed by atoms with Crippen molar-refractivity contribution in [2.24, 2.45) is 0 Å². The van der Waals surface area contributed by atoms with Crippen molar-refractivity contribution in [3.8, 4) is 5.75 Å². The van der Waals surface area contributed by atoms with Crippen LogP contribution in [-0.2, 0) is 5.88 Å². The zero-order valence-electron chi connectivity index (χ0n) is 10.3. The highest BCUT2D eigenvalue weighted by Crippen LogP contribution is 2.19. The fourth-order valence-corrected chi connectivity index (χ4v) is 1.80. The van der Waals surface area contributed by atoms with Gasteiger partial charge in [-0.1, -0.05) is 38.7 Å². The van der Waals surface area contributed by atoms with Crippen molar-refractivity contribution < 1.29 is 9.13 Å². The normalized spacial score (nSPS) is 10.5. The number of ether oxygens (including phenoxy) is 1. The maximum atomic E-state index is 13.5. The average molecular weight is 259 g/mol.